The van der Waals surface area contributed by atoms with E-state index in [9.17, 15) is 20.0 Å². The predicted octanol–water partition coefficient (Wildman–Crippen LogP) is 3.30. The van der Waals surface area contributed by atoms with E-state index < -0.39 is 6.09 Å². The van der Waals surface area contributed by atoms with Crippen LogP contribution in [0.25, 0.3) is 11.3 Å². The van der Waals surface area contributed by atoms with Crippen molar-refractivity contribution in [3.63, 3.8) is 0 Å². The average Bonchev–Trinajstić information content (AvgIpc) is 3.00. The van der Waals surface area contributed by atoms with Gasteiger partial charge in [0.2, 0.25) is 5.91 Å². The van der Waals surface area contributed by atoms with Crippen molar-refractivity contribution in [2.75, 3.05) is 18.4 Å². The van der Waals surface area contributed by atoms with Crippen LogP contribution >= 0.6 is 22.6 Å². The van der Waals surface area contributed by atoms with E-state index in [0.717, 1.165) is 15.6 Å². The second-order valence-corrected chi connectivity index (χ2v) is 7.59. The molecule has 9 heteroatoms. The van der Waals surface area contributed by atoms with Gasteiger partial charge in [0.25, 0.3) is 0 Å². The molecule has 2 amide bonds. The lowest BCUT2D eigenvalue weighted by Gasteiger charge is -2.31. The molecule has 1 aromatic heterocycles. The zero-order valence-corrected chi connectivity index (χ0v) is 16.8. The first kappa shape index (κ1) is 19.2. The maximum atomic E-state index is 11.7. The van der Waals surface area contributed by atoms with Crippen molar-refractivity contribution in [3.8, 4) is 17.3 Å². The molecule has 1 unspecified atom stereocenters. The largest absolute Gasteiger partial charge is 0.465 e. The van der Waals surface area contributed by atoms with E-state index in [0.29, 0.717) is 24.5 Å². The fraction of sp³-hybridized carbons (Fsp3) is 0.333. The Balaban J connectivity index is 2.09. The van der Waals surface area contributed by atoms with Gasteiger partial charge in [-0.25, -0.2) is 9.48 Å². The molecule has 0 saturated carbocycles. The van der Waals surface area contributed by atoms with Crippen molar-refractivity contribution in [1.29, 1.82) is 5.26 Å². The molecule has 1 aliphatic heterocycles. The molecule has 1 fully saturated rings. The summed E-state index contributed by atoms with van der Waals surface area (Å²) in [5.74, 6) is 0.00324. The molecule has 1 saturated heterocycles. The highest BCUT2D eigenvalue weighted by Crippen LogP contribution is 2.33. The molecular weight excluding hydrogens is 461 g/mol. The van der Waals surface area contributed by atoms with E-state index >= 15 is 0 Å². The lowest BCUT2D eigenvalue weighted by molar-refractivity contribution is -0.114. The summed E-state index contributed by atoms with van der Waals surface area (Å²) in [5.41, 5.74) is 1.52. The summed E-state index contributed by atoms with van der Waals surface area (Å²) in [7, 11) is 0. The highest BCUT2D eigenvalue weighted by Gasteiger charge is 2.30. The quantitative estimate of drug-likeness (QED) is 0.657. The van der Waals surface area contributed by atoms with Crippen LogP contribution in [-0.4, -0.2) is 44.9 Å². The Kier molecular flexibility index (Phi) is 5.65. The van der Waals surface area contributed by atoms with Gasteiger partial charge in [0, 0.05) is 29.1 Å². The summed E-state index contributed by atoms with van der Waals surface area (Å²) in [4.78, 5) is 24.4. The number of likely N-dealkylation sites (tertiary alicyclic amines) is 1. The average molecular weight is 479 g/mol. The lowest BCUT2D eigenvalue weighted by Crippen LogP contribution is -2.40. The second kappa shape index (κ2) is 7.96. The minimum atomic E-state index is -0.980. The number of nitriles is 1. The number of aromatic nitrogens is 2. The number of benzene rings is 1. The van der Waals surface area contributed by atoms with Gasteiger partial charge in [-0.2, -0.15) is 10.4 Å². The van der Waals surface area contributed by atoms with Crippen LogP contribution in [0.5, 0.6) is 0 Å². The number of rotatable bonds is 3. The Morgan fingerprint density at radius 1 is 1.37 bits per heavy atom. The van der Waals surface area contributed by atoms with Crippen molar-refractivity contribution < 1.29 is 14.7 Å². The second-order valence-electron chi connectivity index (χ2n) is 6.34. The van der Waals surface area contributed by atoms with E-state index in [1.807, 2.05) is 24.3 Å². The van der Waals surface area contributed by atoms with Crippen LogP contribution in [0.2, 0.25) is 0 Å². The van der Waals surface area contributed by atoms with Crippen LogP contribution < -0.4 is 5.32 Å². The summed E-state index contributed by atoms with van der Waals surface area (Å²) < 4.78 is 2.66. The minimum absolute atomic E-state index is 0.249. The summed E-state index contributed by atoms with van der Waals surface area (Å²) in [6, 6.07) is 9.48. The third-order valence-corrected chi connectivity index (χ3v) is 5.17. The molecule has 1 aromatic carbocycles. The number of piperidine rings is 1. The number of carbonyl (C=O) groups excluding carboxylic acids is 1. The SMILES string of the molecule is CC(=O)Nc1c(C#N)c(-c2ccc(I)cc2)nn1C1CCCN(C(=O)O)C1. The van der Waals surface area contributed by atoms with Gasteiger partial charge in [-0.3, -0.25) is 4.79 Å². The molecule has 1 aliphatic rings. The number of hydrogen-bond acceptors (Lipinski definition) is 4. The third-order valence-electron chi connectivity index (χ3n) is 4.45. The summed E-state index contributed by atoms with van der Waals surface area (Å²) in [5, 5.41) is 26.3. The zero-order chi connectivity index (χ0) is 19.6. The first-order valence-corrected chi connectivity index (χ1v) is 9.52. The standard InChI is InChI=1S/C18H18IN5O3/c1-11(25)21-17-15(9-20)16(12-4-6-13(19)7-5-12)22-24(17)14-3-2-8-23(10-14)18(26)27/h4-7,14H,2-3,8,10H2,1H3,(H,21,25)(H,26,27). The summed E-state index contributed by atoms with van der Waals surface area (Å²) >= 11 is 2.20. The fourth-order valence-electron chi connectivity index (χ4n) is 3.23. The van der Waals surface area contributed by atoms with Gasteiger partial charge >= 0.3 is 6.09 Å². The van der Waals surface area contributed by atoms with Crippen LogP contribution in [-0.2, 0) is 4.79 Å². The number of nitrogens with zero attached hydrogens (tertiary/aromatic N) is 4. The van der Waals surface area contributed by atoms with Crippen molar-refractivity contribution in [3.05, 3.63) is 33.4 Å². The van der Waals surface area contributed by atoms with E-state index in [-0.39, 0.29) is 24.1 Å². The number of carboxylic acid groups (broad SMARTS) is 1. The van der Waals surface area contributed by atoms with E-state index in [1.165, 1.54) is 11.8 Å². The zero-order valence-electron chi connectivity index (χ0n) is 14.6. The fourth-order valence-corrected chi connectivity index (χ4v) is 3.59. The first-order chi connectivity index (χ1) is 12.9. The molecule has 0 spiro atoms. The van der Waals surface area contributed by atoms with Gasteiger partial charge in [-0.1, -0.05) is 12.1 Å². The maximum Gasteiger partial charge on any atom is 0.407 e. The third kappa shape index (κ3) is 4.05. The Bertz CT molecular complexity index is 916. The molecule has 3 rings (SSSR count). The van der Waals surface area contributed by atoms with Gasteiger partial charge in [0.05, 0.1) is 6.04 Å². The predicted molar refractivity (Wildman–Crippen MR) is 107 cm³/mol. The molecule has 2 heterocycles. The van der Waals surface area contributed by atoms with Gasteiger partial charge in [-0.15, -0.1) is 0 Å². The Morgan fingerprint density at radius 2 is 2.07 bits per heavy atom. The van der Waals surface area contributed by atoms with Gasteiger partial charge < -0.3 is 15.3 Å². The molecule has 0 aliphatic carbocycles. The highest BCUT2D eigenvalue weighted by atomic mass is 127. The molecule has 2 aromatic rings. The Hall–Kier alpha value is -2.61. The van der Waals surface area contributed by atoms with Crippen molar-refractivity contribution in [2.24, 2.45) is 0 Å². The first-order valence-electron chi connectivity index (χ1n) is 8.44. The number of halogens is 1. The van der Waals surface area contributed by atoms with Crippen LogP contribution in [0, 0.1) is 14.9 Å². The lowest BCUT2D eigenvalue weighted by atomic mass is 10.1. The van der Waals surface area contributed by atoms with Crippen LogP contribution in [0.3, 0.4) is 0 Å². The minimum Gasteiger partial charge on any atom is -0.465 e. The molecule has 140 valence electrons. The van der Waals surface area contributed by atoms with Crippen LogP contribution in [0.4, 0.5) is 10.6 Å². The van der Waals surface area contributed by atoms with Crippen LogP contribution in [0.1, 0.15) is 31.4 Å². The van der Waals surface area contributed by atoms with E-state index in [4.69, 9.17) is 0 Å². The number of hydrogen-bond donors (Lipinski definition) is 2. The number of carbonyl (C=O) groups is 2. The van der Waals surface area contributed by atoms with Crippen molar-refractivity contribution >= 4 is 40.4 Å². The smallest absolute Gasteiger partial charge is 0.407 e. The molecule has 2 N–H and O–H groups in total. The summed E-state index contributed by atoms with van der Waals surface area (Å²) in [6.45, 7) is 2.10. The Morgan fingerprint density at radius 3 is 2.67 bits per heavy atom. The van der Waals surface area contributed by atoms with Crippen molar-refractivity contribution in [2.45, 2.75) is 25.8 Å². The molecule has 8 nitrogen and oxygen atoms in total. The number of amides is 2. The number of nitrogens with one attached hydrogen (secondary N) is 1. The molecule has 27 heavy (non-hydrogen) atoms. The Labute approximate surface area is 169 Å². The maximum absolute atomic E-state index is 11.7. The molecule has 0 radical (unpaired) electrons. The molecule has 0 bridgehead atoms. The number of anilines is 1. The van der Waals surface area contributed by atoms with Gasteiger partial charge in [0.15, 0.2) is 0 Å². The highest BCUT2D eigenvalue weighted by molar-refractivity contribution is 14.1. The molecule has 1 atom stereocenters. The van der Waals surface area contributed by atoms with Gasteiger partial charge in [-0.05, 0) is 47.6 Å². The summed E-state index contributed by atoms with van der Waals surface area (Å²) in [6.07, 6.45) is 0.429. The normalized spacial score (nSPS) is 16.6. The van der Waals surface area contributed by atoms with E-state index in [1.54, 1.807) is 4.68 Å². The van der Waals surface area contributed by atoms with Crippen LogP contribution in [0.15, 0.2) is 24.3 Å². The van der Waals surface area contributed by atoms with Crippen molar-refractivity contribution in [1.82, 2.24) is 14.7 Å². The van der Waals surface area contributed by atoms with E-state index in [2.05, 4.69) is 39.1 Å². The monoisotopic (exact) mass is 479 g/mol. The van der Waals surface area contributed by atoms with Gasteiger partial charge in [0.1, 0.15) is 23.1 Å². The molecular formula is C18H18IN5O3. The topological polar surface area (TPSA) is 111 Å².